The molecule has 0 amide bonds. The fourth-order valence-electron chi connectivity index (χ4n) is 4.56. The Labute approximate surface area is 201 Å². The molecule has 0 aromatic heterocycles. The summed E-state index contributed by atoms with van der Waals surface area (Å²) < 4.78 is 21.8. The molecule has 0 fully saturated rings. The first-order chi connectivity index (χ1) is 16.4. The second kappa shape index (κ2) is 12.1. The molecule has 184 valence electrons. The van der Waals surface area contributed by atoms with E-state index in [-0.39, 0.29) is 38.6 Å². The van der Waals surface area contributed by atoms with E-state index in [1.165, 1.54) is 0 Å². The van der Waals surface area contributed by atoms with Crippen molar-refractivity contribution < 1.29 is 39.0 Å². The van der Waals surface area contributed by atoms with E-state index in [4.69, 9.17) is 29.0 Å². The largest absolute Gasteiger partial charge is 0.495 e. The molecule has 0 saturated heterocycles. The molecule has 2 atom stereocenters. The molecule has 4 rings (SSSR count). The zero-order valence-corrected chi connectivity index (χ0v) is 20.3. The van der Waals surface area contributed by atoms with Crippen molar-refractivity contribution in [1.29, 1.82) is 0 Å². The maximum absolute atomic E-state index is 9.92. The lowest BCUT2D eigenvalue weighted by Gasteiger charge is -2.13. The van der Waals surface area contributed by atoms with Crippen LogP contribution in [0.1, 0.15) is 61.2 Å². The number of rotatable bonds is 8. The fourth-order valence-corrected chi connectivity index (χ4v) is 4.56. The summed E-state index contributed by atoms with van der Waals surface area (Å²) in [6.07, 6.45) is 1.48. The molecule has 0 saturated carbocycles. The van der Waals surface area contributed by atoms with Crippen LogP contribution in [0.5, 0.6) is 11.5 Å². The molecule has 0 spiro atoms. The predicted octanol–water partition coefficient (Wildman–Crippen LogP) is 1.07. The third-order valence-electron chi connectivity index (χ3n) is 6.09. The highest BCUT2D eigenvalue weighted by atomic mass is 16.5. The molecule has 2 heterocycles. The van der Waals surface area contributed by atoms with Gasteiger partial charge in [0, 0.05) is 10.9 Å². The molecule has 0 radical (unpaired) electrons. The van der Waals surface area contributed by atoms with E-state index < -0.39 is 14.2 Å². The first kappa shape index (κ1) is 26.5. The summed E-state index contributed by atoms with van der Waals surface area (Å²) in [5, 5.41) is 37.4. The number of fused-ring (bicyclic) bond motifs is 2. The standard InChI is InChI=1S/2C12H17BO4/c2*1-3-9-11-8(2)4-5-10(16-7-6-14)12(11)13(15)17-9/h2*4-5,9,14-15H,3,6-7H2,1-2H3/t9-;/m1./s1. The highest BCUT2D eigenvalue weighted by Gasteiger charge is 2.39. The Morgan fingerprint density at radius 3 is 1.44 bits per heavy atom. The Morgan fingerprint density at radius 2 is 1.12 bits per heavy atom. The Balaban J connectivity index is 0.000000191. The lowest BCUT2D eigenvalue weighted by Crippen LogP contribution is -2.30. The van der Waals surface area contributed by atoms with Crippen molar-refractivity contribution >= 4 is 25.2 Å². The van der Waals surface area contributed by atoms with Crippen molar-refractivity contribution in [2.45, 2.75) is 52.7 Å². The SMILES string of the molecule is CCC1OB(O)c2c(OCCO)ccc(C)c21.CC[C@H]1OB(O)c2c(OCCO)ccc(C)c21. The lowest BCUT2D eigenvalue weighted by atomic mass is 9.77. The van der Waals surface area contributed by atoms with Gasteiger partial charge in [0.05, 0.1) is 25.4 Å². The highest BCUT2D eigenvalue weighted by molar-refractivity contribution is 6.63. The summed E-state index contributed by atoms with van der Waals surface area (Å²) in [7, 11) is -1.85. The molecule has 0 bridgehead atoms. The van der Waals surface area contributed by atoms with Crippen molar-refractivity contribution in [2.24, 2.45) is 0 Å². The topological polar surface area (TPSA) is 118 Å². The molecular formula is C24H34B2O8. The summed E-state index contributed by atoms with van der Waals surface area (Å²) in [5.41, 5.74) is 5.67. The lowest BCUT2D eigenvalue weighted by molar-refractivity contribution is 0.185. The predicted molar refractivity (Wildman–Crippen MR) is 131 cm³/mol. The average Bonchev–Trinajstić information content (AvgIpc) is 3.37. The van der Waals surface area contributed by atoms with Crippen LogP contribution in [0.3, 0.4) is 0 Å². The van der Waals surface area contributed by atoms with E-state index in [9.17, 15) is 10.0 Å². The third kappa shape index (κ3) is 5.43. The van der Waals surface area contributed by atoms with Crippen molar-refractivity contribution in [1.82, 2.24) is 0 Å². The van der Waals surface area contributed by atoms with Gasteiger partial charge in [-0.05, 0) is 61.1 Å². The van der Waals surface area contributed by atoms with E-state index in [2.05, 4.69) is 0 Å². The van der Waals surface area contributed by atoms with Gasteiger partial charge in [-0.15, -0.1) is 0 Å². The van der Waals surface area contributed by atoms with E-state index in [0.717, 1.165) is 35.1 Å². The number of ether oxygens (including phenoxy) is 2. The molecule has 4 N–H and O–H groups in total. The number of aryl methyl sites for hydroxylation is 2. The minimum absolute atomic E-state index is 0.0448. The maximum Gasteiger partial charge on any atom is 0.495 e. The van der Waals surface area contributed by atoms with Crippen LogP contribution in [0.25, 0.3) is 0 Å². The number of benzene rings is 2. The number of aliphatic hydroxyl groups is 2. The summed E-state index contributed by atoms with van der Waals surface area (Å²) >= 11 is 0. The van der Waals surface area contributed by atoms with E-state index in [0.29, 0.717) is 22.4 Å². The average molecular weight is 472 g/mol. The third-order valence-corrected chi connectivity index (χ3v) is 6.09. The van der Waals surface area contributed by atoms with Gasteiger partial charge < -0.3 is 39.0 Å². The second-order valence-electron chi connectivity index (χ2n) is 8.33. The molecular weight excluding hydrogens is 438 g/mol. The maximum atomic E-state index is 9.92. The van der Waals surface area contributed by atoms with E-state index in [1.54, 1.807) is 0 Å². The molecule has 8 nitrogen and oxygen atoms in total. The van der Waals surface area contributed by atoms with Crippen LogP contribution in [-0.2, 0) is 9.31 Å². The Morgan fingerprint density at radius 1 is 0.735 bits per heavy atom. The summed E-state index contributed by atoms with van der Waals surface area (Å²) in [4.78, 5) is 0. The van der Waals surface area contributed by atoms with Gasteiger partial charge in [0.15, 0.2) is 0 Å². The highest BCUT2D eigenvalue weighted by Crippen LogP contribution is 2.33. The molecule has 2 aromatic carbocycles. The van der Waals surface area contributed by atoms with Crippen molar-refractivity contribution in [2.75, 3.05) is 26.4 Å². The normalized spacial score (nSPS) is 18.4. The Hall–Kier alpha value is -2.07. The summed E-state index contributed by atoms with van der Waals surface area (Å²) in [5.74, 6) is 1.20. The molecule has 2 aromatic rings. The molecule has 10 heteroatoms. The van der Waals surface area contributed by atoms with Crippen LogP contribution in [0.4, 0.5) is 0 Å². The fraction of sp³-hybridized carbons (Fsp3) is 0.500. The quantitative estimate of drug-likeness (QED) is 0.422. The van der Waals surface area contributed by atoms with E-state index >= 15 is 0 Å². The molecule has 2 aliphatic heterocycles. The van der Waals surface area contributed by atoms with Crippen LogP contribution in [-0.4, -0.2) is 60.9 Å². The van der Waals surface area contributed by atoms with Crippen LogP contribution >= 0.6 is 0 Å². The monoisotopic (exact) mass is 472 g/mol. The summed E-state index contributed by atoms with van der Waals surface area (Å²) in [6, 6.07) is 7.54. The van der Waals surface area contributed by atoms with Gasteiger partial charge in [0.2, 0.25) is 0 Å². The van der Waals surface area contributed by atoms with Crippen LogP contribution < -0.4 is 20.4 Å². The van der Waals surface area contributed by atoms with Gasteiger partial charge in [-0.25, -0.2) is 0 Å². The van der Waals surface area contributed by atoms with Crippen LogP contribution in [0.2, 0.25) is 0 Å². The van der Waals surface area contributed by atoms with Gasteiger partial charge in [0.25, 0.3) is 0 Å². The number of aliphatic hydroxyl groups excluding tert-OH is 2. The molecule has 0 aliphatic carbocycles. The minimum atomic E-state index is -0.927. The van der Waals surface area contributed by atoms with Gasteiger partial charge in [-0.1, -0.05) is 26.0 Å². The Bertz CT molecular complexity index is 893. The first-order valence-electron chi connectivity index (χ1n) is 11.8. The first-order valence-corrected chi connectivity index (χ1v) is 11.8. The minimum Gasteiger partial charge on any atom is -0.492 e. The second-order valence-corrected chi connectivity index (χ2v) is 8.33. The molecule has 1 unspecified atom stereocenters. The number of hydrogen-bond donors (Lipinski definition) is 4. The zero-order valence-electron chi connectivity index (χ0n) is 20.3. The van der Waals surface area contributed by atoms with Crippen LogP contribution in [0.15, 0.2) is 24.3 Å². The van der Waals surface area contributed by atoms with E-state index in [1.807, 2.05) is 52.0 Å². The van der Waals surface area contributed by atoms with Gasteiger partial charge >= 0.3 is 14.2 Å². The Kier molecular flexibility index (Phi) is 9.41. The molecule has 2 aliphatic rings. The number of hydrogen-bond acceptors (Lipinski definition) is 8. The van der Waals surface area contributed by atoms with Crippen LogP contribution in [0, 0.1) is 13.8 Å². The zero-order chi connectivity index (χ0) is 24.8. The van der Waals surface area contributed by atoms with Crippen molar-refractivity contribution in [3.63, 3.8) is 0 Å². The van der Waals surface area contributed by atoms with Crippen molar-refractivity contribution in [3.05, 3.63) is 46.5 Å². The van der Waals surface area contributed by atoms with Gasteiger partial charge in [-0.2, -0.15) is 0 Å². The smallest absolute Gasteiger partial charge is 0.492 e. The summed E-state index contributed by atoms with van der Waals surface area (Å²) in [6.45, 7) is 8.39. The van der Waals surface area contributed by atoms with Crippen molar-refractivity contribution in [3.8, 4) is 11.5 Å². The van der Waals surface area contributed by atoms with Gasteiger partial charge in [-0.3, -0.25) is 0 Å². The van der Waals surface area contributed by atoms with Gasteiger partial charge in [0.1, 0.15) is 24.7 Å². The molecule has 34 heavy (non-hydrogen) atoms.